The summed E-state index contributed by atoms with van der Waals surface area (Å²) in [4.78, 5) is 0.683. The first kappa shape index (κ1) is 13.0. The summed E-state index contributed by atoms with van der Waals surface area (Å²) in [6, 6.07) is 2.90. The Morgan fingerprint density at radius 3 is 2.83 bits per heavy atom. The molecule has 1 aliphatic heterocycles. The second-order valence-corrected chi connectivity index (χ2v) is 7.85. The fraction of sp³-hybridized carbons (Fsp3) is 0.786. The minimum atomic E-state index is 0.672. The van der Waals surface area contributed by atoms with Crippen molar-refractivity contribution in [2.75, 3.05) is 11.5 Å². The van der Waals surface area contributed by atoms with Gasteiger partial charge in [-0.3, -0.25) is 4.68 Å². The van der Waals surface area contributed by atoms with Crippen molar-refractivity contribution in [2.45, 2.75) is 49.4 Å². The average Bonchev–Trinajstić information content (AvgIpc) is 3.02. The van der Waals surface area contributed by atoms with Crippen molar-refractivity contribution in [2.24, 2.45) is 5.92 Å². The van der Waals surface area contributed by atoms with Crippen LogP contribution in [0.5, 0.6) is 0 Å². The van der Waals surface area contributed by atoms with Crippen molar-refractivity contribution in [3.8, 4) is 0 Å². The van der Waals surface area contributed by atoms with E-state index in [0.717, 1.165) is 12.3 Å². The van der Waals surface area contributed by atoms with Crippen molar-refractivity contribution < 1.29 is 0 Å². The molecule has 4 heteroatoms. The molecule has 2 atom stereocenters. The first-order valence-electron chi connectivity index (χ1n) is 7.09. The number of rotatable bonds is 3. The number of aromatic nitrogens is 2. The molecule has 0 aromatic carbocycles. The SMILES string of the molecule is BrC1CSCC1Cc1ccn(C2CCCCC2)n1. The van der Waals surface area contributed by atoms with Gasteiger partial charge in [-0.15, -0.1) is 0 Å². The lowest BCUT2D eigenvalue weighted by molar-refractivity contribution is 0.327. The highest BCUT2D eigenvalue weighted by atomic mass is 79.9. The molecule has 2 heterocycles. The van der Waals surface area contributed by atoms with E-state index in [2.05, 4.69) is 44.6 Å². The first-order chi connectivity index (χ1) is 8.83. The van der Waals surface area contributed by atoms with Crippen LogP contribution in [-0.2, 0) is 6.42 Å². The summed E-state index contributed by atoms with van der Waals surface area (Å²) in [7, 11) is 0. The Kier molecular flexibility index (Phi) is 4.34. The molecule has 0 N–H and O–H groups in total. The van der Waals surface area contributed by atoms with Crippen molar-refractivity contribution in [3.05, 3.63) is 18.0 Å². The predicted octanol–water partition coefficient (Wildman–Crippen LogP) is 4.06. The molecule has 2 fully saturated rings. The summed E-state index contributed by atoms with van der Waals surface area (Å²) in [5.41, 5.74) is 1.29. The van der Waals surface area contributed by atoms with Crippen LogP contribution in [0.4, 0.5) is 0 Å². The van der Waals surface area contributed by atoms with E-state index >= 15 is 0 Å². The van der Waals surface area contributed by atoms with Crippen LogP contribution in [0.25, 0.3) is 0 Å². The van der Waals surface area contributed by atoms with Crippen LogP contribution >= 0.6 is 27.7 Å². The van der Waals surface area contributed by atoms with Gasteiger partial charge in [0.1, 0.15) is 0 Å². The zero-order valence-electron chi connectivity index (χ0n) is 10.7. The molecule has 0 amide bonds. The van der Waals surface area contributed by atoms with Crippen LogP contribution < -0.4 is 0 Å². The average molecular weight is 329 g/mol. The smallest absolute Gasteiger partial charge is 0.0628 e. The second kappa shape index (κ2) is 6.00. The molecule has 2 unspecified atom stereocenters. The Balaban J connectivity index is 1.62. The lowest BCUT2D eigenvalue weighted by Gasteiger charge is -2.21. The maximum absolute atomic E-state index is 4.82. The third-order valence-corrected chi connectivity index (χ3v) is 6.96. The molecule has 100 valence electrons. The quantitative estimate of drug-likeness (QED) is 0.779. The van der Waals surface area contributed by atoms with Gasteiger partial charge >= 0.3 is 0 Å². The van der Waals surface area contributed by atoms with E-state index in [1.54, 1.807) is 0 Å². The van der Waals surface area contributed by atoms with E-state index in [0.29, 0.717) is 10.9 Å². The molecule has 1 saturated carbocycles. The molecular weight excluding hydrogens is 308 g/mol. The number of alkyl halides is 1. The first-order valence-corrected chi connectivity index (χ1v) is 9.16. The van der Waals surface area contributed by atoms with E-state index in [4.69, 9.17) is 5.10 Å². The Labute approximate surface area is 122 Å². The highest BCUT2D eigenvalue weighted by Crippen LogP contribution is 2.32. The predicted molar refractivity (Wildman–Crippen MR) is 81.6 cm³/mol. The Hall–Kier alpha value is 0.0400. The fourth-order valence-corrected chi connectivity index (χ4v) is 5.53. The van der Waals surface area contributed by atoms with Gasteiger partial charge in [0.25, 0.3) is 0 Å². The van der Waals surface area contributed by atoms with Gasteiger partial charge in [0.2, 0.25) is 0 Å². The maximum Gasteiger partial charge on any atom is 0.0628 e. The molecule has 3 rings (SSSR count). The minimum Gasteiger partial charge on any atom is -0.269 e. The molecule has 0 radical (unpaired) electrons. The van der Waals surface area contributed by atoms with Crippen LogP contribution in [0.2, 0.25) is 0 Å². The highest BCUT2D eigenvalue weighted by Gasteiger charge is 2.26. The highest BCUT2D eigenvalue weighted by molar-refractivity contribution is 9.09. The molecular formula is C14H21BrN2S. The Morgan fingerprint density at radius 1 is 1.28 bits per heavy atom. The van der Waals surface area contributed by atoms with Crippen molar-refractivity contribution in [3.63, 3.8) is 0 Å². The largest absolute Gasteiger partial charge is 0.269 e. The van der Waals surface area contributed by atoms with Gasteiger partial charge in [0.05, 0.1) is 11.7 Å². The van der Waals surface area contributed by atoms with E-state index in [-0.39, 0.29) is 0 Å². The third-order valence-electron chi connectivity index (χ3n) is 4.20. The standard InChI is InChI=1S/C14H21BrN2S/c15-14-10-18-9-11(14)8-12-6-7-17(16-12)13-4-2-1-3-5-13/h6-7,11,13-14H,1-5,8-10H2. The lowest BCUT2D eigenvalue weighted by Crippen LogP contribution is -2.16. The molecule has 1 aromatic rings. The van der Waals surface area contributed by atoms with Crippen molar-refractivity contribution in [1.82, 2.24) is 9.78 Å². The zero-order chi connectivity index (χ0) is 12.4. The Bertz CT molecular complexity index is 387. The molecule has 2 aliphatic rings. The summed E-state index contributed by atoms with van der Waals surface area (Å²) in [6.07, 6.45) is 10.2. The number of halogens is 1. The second-order valence-electron chi connectivity index (χ2n) is 5.60. The van der Waals surface area contributed by atoms with Crippen LogP contribution in [0.15, 0.2) is 12.3 Å². The van der Waals surface area contributed by atoms with Gasteiger partial charge in [-0.1, -0.05) is 35.2 Å². The lowest BCUT2D eigenvalue weighted by atomic mass is 9.96. The van der Waals surface area contributed by atoms with Gasteiger partial charge in [-0.25, -0.2) is 0 Å². The van der Waals surface area contributed by atoms with Crippen molar-refractivity contribution in [1.29, 1.82) is 0 Å². The zero-order valence-corrected chi connectivity index (χ0v) is 13.1. The van der Waals surface area contributed by atoms with Gasteiger partial charge in [-0.2, -0.15) is 16.9 Å². The van der Waals surface area contributed by atoms with E-state index in [1.165, 1.54) is 49.3 Å². The summed E-state index contributed by atoms with van der Waals surface area (Å²) in [5.74, 6) is 3.31. The van der Waals surface area contributed by atoms with Crippen molar-refractivity contribution >= 4 is 27.7 Å². The normalized spacial score (nSPS) is 29.8. The van der Waals surface area contributed by atoms with Gasteiger partial charge < -0.3 is 0 Å². The van der Waals surface area contributed by atoms with Crippen LogP contribution in [0.1, 0.15) is 43.8 Å². The topological polar surface area (TPSA) is 17.8 Å². The molecule has 18 heavy (non-hydrogen) atoms. The van der Waals surface area contributed by atoms with E-state index in [1.807, 2.05) is 0 Å². The van der Waals surface area contributed by atoms with Crippen LogP contribution in [-0.4, -0.2) is 26.1 Å². The summed E-state index contributed by atoms with van der Waals surface area (Å²) >= 11 is 5.85. The summed E-state index contributed by atoms with van der Waals surface area (Å²) in [6.45, 7) is 0. The fourth-order valence-electron chi connectivity index (χ4n) is 3.06. The van der Waals surface area contributed by atoms with Crippen LogP contribution in [0, 0.1) is 5.92 Å². The van der Waals surface area contributed by atoms with E-state index in [9.17, 15) is 0 Å². The monoisotopic (exact) mass is 328 g/mol. The summed E-state index contributed by atoms with van der Waals surface area (Å²) in [5, 5.41) is 4.82. The molecule has 0 bridgehead atoms. The number of thioether (sulfide) groups is 1. The number of hydrogen-bond donors (Lipinski definition) is 0. The number of nitrogens with zero attached hydrogens (tertiary/aromatic N) is 2. The minimum absolute atomic E-state index is 0.672. The molecule has 1 aliphatic carbocycles. The summed E-state index contributed by atoms with van der Waals surface area (Å²) < 4.78 is 2.24. The maximum atomic E-state index is 4.82. The molecule has 1 saturated heterocycles. The molecule has 0 spiro atoms. The van der Waals surface area contributed by atoms with Crippen LogP contribution in [0.3, 0.4) is 0 Å². The van der Waals surface area contributed by atoms with Gasteiger partial charge in [-0.05, 0) is 37.0 Å². The van der Waals surface area contributed by atoms with Gasteiger partial charge in [0.15, 0.2) is 0 Å². The van der Waals surface area contributed by atoms with E-state index < -0.39 is 0 Å². The molecule has 2 nitrogen and oxygen atoms in total. The third kappa shape index (κ3) is 2.96. The van der Waals surface area contributed by atoms with Gasteiger partial charge in [0, 0.05) is 16.8 Å². The number of hydrogen-bond acceptors (Lipinski definition) is 2. The Morgan fingerprint density at radius 2 is 2.11 bits per heavy atom. The molecule has 1 aromatic heterocycles.